The van der Waals surface area contributed by atoms with Crippen LogP contribution in [0.5, 0.6) is 5.75 Å². The van der Waals surface area contributed by atoms with Crippen LogP contribution in [0.2, 0.25) is 16.6 Å². The van der Waals surface area contributed by atoms with Crippen molar-refractivity contribution in [2.45, 2.75) is 90.8 Å². The molecule has 1 atom stereocenters. The minimum atomic E-state index is -2.04. The monoisotopic (exact) mass is 401 g/mol. The van der Waals surface area contributed by atoms with Crippen molar-refractivity contribution in [3.63, 3.8) is 0 Å². The Morgan fingerprint density at radius 3 is 2.32 bits per heavy atom. The molecule has 0 radical (unpaired) electrons. The summed E-state index contributed by atoms with van der Waals surface area (Å²) in [5, 5.41) is 11.2. The van der Waals surface area contributed by atoms with Crippen LogP contribution in [0.15, 0.2) is 12.1 Å². The van der Waals surface area contributed by atoms with Gasteiger partial charge < -0.3 is 14.5 Å². The van der Waals surface area contributed by atoms with Gasteiger partial charge in [-0.25, -0.2) is 0 Å². The second-order valence-electron chi connectivity index (χ2n) is 9.79. The molecule has 1 aromatic carbocycles. The second kappa shape index (κ2) is 8.23. The van der Waals surface area contributed by atoms with Crippen molar-refractivity contribution in [1.29, 1.82) is 0 Å². The summed E-state index contributed by atoms with van der Waals surface area (Å²) in [7, 11) is -2.04. The Bertz CT molecular complexity index is 800. The fourth-order valence-corrected chi connectivity index (χ4v) is 11.0. The SMILES string of the molecule is CC1CCc2[nH]c3ccc(O[Si](C(C)C)(C(C)C)C(C)C)c(CCO)c3c2C1. The zero-order chi connectivity index (χ0) is 20.6. The van der Waals surface area contributed by atoms with Gasteiger partial charge in [0.1, 0.15) is 5.75 Å². The van der Waals surface area contributed by atoms with Gasteiger partial charge in [0, 0.05) is 28.8 Å². The highest BCUT2D eigenvalue weighted by Gasteiger charge is 2.47. The van der Waals surface area contributed by atoms with E-state index < -0.39 is 8.32 Å². The Hall–Kier alpha value is -1.26. The summed E-state index contributed by atoms with van der Waals surface area (Å²) >= 11 is 0. The zero-order valence-corrected chi connectivity index (χ0v) is 19.9. The summed E-state index contributed by atoms with van der Waals surface area (Å²) in [4.78, 5) is 3.67. The second-order valence-corrected chi connectivity index (χ2v) is 15.2. The molecule has 2 aromatic rings. The highest BCUT2D eigenvalue weighted by Crippen LogP contribution is 2.45. The number of rotatable bonds is 7. The topological polar surface area (TPSA) is 45.2 Å². The van der Waals surface area contributed by atoms with Gasteiger partial charge in [-0.1, -0.05) is 48.5 Å². The normalized spacial score (nSPS) is 17.8. The Morgan fingerprint density at radius 1 is 1.11 bits per heavy atom. The lowest BCUT2D eigenvalue weighted by Gasteiger charge is -2.42. The summed E-state index contributed by atoms with van der Waals surface area (Å²) in [6.45, 7) is 16.5. The number of aryl methyl sites for hydroxylation is 1. The van der Waals surface area contributed by atoms with E-state index >= 15 is 0 Å². The minimum Gasteiger partial charge on any atom is -0.542 e. The molecule has 1 aromatic heterocycles. The van der Waals surface area contributed by atoms with Crippen molar-refractivity contribution < 1.29 is 9.53 Å². The van der Waals surface area contributed by atoms with Gasteiger partial charge in [0.05, 0.1) is 0 Å². The molecule has 1 heterocycles. The van der Waals surface area contributed by atoms with Gasteiger partial charge >= 0.3 is 0 Å². The molecule has 28 heavy (non-hydrogen) atoms. The first-order valence-corrected chi connectivity index (χ1v) is 13.3. The average molecular weight is 402 g/mol. The van der Waals surface area contributed by atoms with E-state index in [1.165, 1.54) is 34.1 Å². The molecule has 1 unspecified atom stereocenters. The molecule has 0 spiro atoms. The Kier molecular flexibility index (Phi) is 6.31. The van der Waals surface area contributed by atoms with Crippen LogP contribution < -0.4 is 4.43 Å². The summed E-state index contributed by atoms with van der Waals surface area (Å²) in [6.07, 6.45) is 4.16. The standard InChI is InChI=1S/C24H39NO2Si/c1-15(2)28(16(3)4,17(5)6)27-23-11-10-22-24(19(23)12-13-26)20-14-18(7)8-9-21(20)25-22/h10-11,15-18,25-26H,8-9,12-14H2,1-7H3. The largest absolute Gasteiger partial charge is 0.542 e. The molecule has 0 amide bonds. The number of hydrogen-bond acceptors (Lipinski definition) is 2. The molecule has 0 bridgehead atoms. The van der Waals surface area contributed by atoms with Gasteiger partial charge in [0.25, 0.3) is 8.32 Å². The number of aliphatic hydroxyl groups excluding tert-OH is 1. The summed E-state index contributed by atoms with van der Waals surface area (Å²) in [5.74, 6) is 1.73. The predicted molar refractivity (Wildman–Crippen MR) is 122 cm³/mol. The van der Waals surface area contributed by atoms with Crippen LogP contribution in [-0.4, -0.2) is 25.0 Å². The molecule has 1 aliphatic rings. The third kappa shape index (κ3) is 3.54. The van der Waals surface area contributed by atoms with Gasteiger partial charge in [-0.2, -0.15) is 0 Å². The Morgan fingerprint density at radius 2 is 1.75 bits per heavy atom. The van der Waals surface area contributed by atoms with E-state index in [0.29, 0.717) is 29.0 Å². The lowest BCUT2D eigenvalue weighted by Crippen LogP contribution is -2.50. The molecule has 2 N–H and O–H groups in total. The number of fused-ring (bicyclic) bond motifs is 3. The highest BCUT2D eigenvalue weighted by atomic mass is 28.4. The van der Waals surface area contributed by atoms with Crippen LogP contribution in [0.25, 0.3) is 10.9 Å². The summed E-state index contributed by atoms with van der Waals surface area (Å²) in [6, 6.07) is 4.36. The van der Waals surface area contributed by atoms with Crippen molar-refractivity contribution in [3.05, 3.63) is 29.0 Å². The van der Waals surface area contributed by atoms with Crippen molar-refractivity contribution in [2.24, 2.45) is 5.92 Å². The van der Waals surface area contributed by atoms with Gasteiger partial charge in [-0.3, -0.25) is 0 Å². The van der Waals surface area contributed by atoms with E-state index in [9.17, 15) is 5.11 Å². The van der Waals surface area contributed by atoms with Crippen LogP contribution in [0.1, 0.15) is 71.7 Å². The number of aliphatic hydroxyl groups is 1. The van der Waals surface area contributed by atoms with Crippen LogP contribution in [0.4, 0.5) is 0 Å². The lowest BCUT2D eigenvalue weighted by molar-refractivity contribution is 0.298. The number of aromatic nitrogens is 1. The molecule has 3 nitrogen and oxygen atoms in total. The van der Waals surface area contributed by atoms with E-state index in [1.54, 1.807) is 0 Å². The average Bonchev–Trinajstić information content (AvgIpc) is 2.98. The van der Waals surface area contributed by atoms with Gasteiger partial charge in [0.15, 0.2) is 0 Å². The maximum absolute atomic E-state index is 9.87. The van der Waals surface area contributed by atoms with Crippen LogP contribution in [0.3, 0.4) is 0 Å². The fourth-order valence-electron chi connectivity index (χ4n) is 5.75. The number of aromatic amines is 1. The first-order valence-electron chi connectivity index (χ1n) is 11.2. The summed E-state index contributed by atoms with van der Waals surface area (Å²) < 4.78 is 7.08. The minimum absolute atomic E-state index is 0.157. The molecule has 156 valence electrons. The van der Waals surface area contributed by atoms with Crippen LogP contribution in [-0.2, 0) is 19.3 Å². The number of benzene rings is 1. The van der Waals surface area contributed by atoms with E-state index in [-0.39, 0.29) is 6.61 Å². The van der Waals surface area contributed by atoms with Gasteiger partial charge in [-0.05, 0) is 65.9 Å². The third-order valence-corrected chi connectivity index (χ3v) is 13.0. The maximum Gasteiger partial charge on any atom is 0.258 e. The molecule has 0 fully saturated rings. The Labute approximate surface area is 172 Å². The molecule has 0 saturated carbocycles. The quantitative estimate of drug-likeness (QED) is 0.529. The lowest BCUT2D eigenvalue weighted by atomic mass is 9.86. The van der Waals surface area contributed by atoms with E-state index in [0.717, 1.165) is 18.6 Å². The van der Waals surface area contributed by atoms with Crippen molar-refractivity contribution in [1.82, 2.24) is 4.98 Å². The molecule has 4 heteroatoms. The van der Waals surface area contributed by atoms with Crippen molar-refractivity contribution >= 4 is 19.2 Å². The molecule has 1 aliphatic carbocycles. The zero-order valence-electron chi connectivity index (χ0n) is 18.9. The molecule has 0 saturated heterocycles. The van der Waals surface area contributed by atoms with Crippen LogP contribution in [0, 0.1) is 5.92 Å². The molecule has 3 rings (SSSR count). The number of hydrogen-bond donors (Lipinski definition) is 2. The maximum atomic E-state index is 9.87. The molecule has 0 aliphatic heterocycles. The highest BCUT2D eigenvalue weighted by molar-refractivity contribution is 6.78. The van der Waals surface area contributed by atoms with Crippen molar-refractivity contribution in [3.8, 4) is 5.75 Å². The first kappa shape index (κ1) is 21.4. The van der Waals surface area contributed by atoms with Gasteiger partial charge in [-0.15, -0.1) is 0 Å². The third-order valence-electron chi connectivity index (χ3n) is 7.02. The number of nitrogens with one attached hydrogen (secondary N) is 1. The molecular weight excluding hydrogens is 362 g/mol. The van der Waals surface area contributed by atoms with E-state index in [1.807, 2.05) is 0 Å². The fraction of sp³-hybridized carbons (Fsp3) is 0.667. The number of H-pyrrole nitrogens is 1. The predicted octanol–water partition coefficient (Wildman–Crippen LogP) is 6.38. The van der Waals surface area contributed by atoms with E-state index in [4.69, 9.17) is 4.43 Å². The summed E-state index contributed by atoms with van der Waals surface area (Å²) in [5.41, 5.74) is 6.88. The smallest absolute Gasteiger partial charge is 0.258 e. The van der Waals surface area contributed by atoms with Crippen LogP contribution >= 0.6 is 0 Å². The van der Waals surface area contributed by atoms with E-state index in [2.05, 4.69) is 65.6 Å². The van der Waals surface area contributed by atoms with Crippen molar-refractivity contribution in [2.75, 3.05) is 6.61 Å². The molecular formula is C24H39NO2Si. The Balaban J connectivity index is 2.18. The first-order chi connectivity index (χ1) is 13.2. The van der Waals surface area contributed by atoms with Gasteiger partial charge in [0.2, 0.25) is 0 Å².